The number of hydrogen-bond acceptors (Lipinski definition) is 8. The average molecular weight is 338 g/mol. The normalized spacial score (nSPS) is 10.2. The fourth-order valence-corrected chi connectivity index (χ4v) is 1.87. The quantitative estimate of drug-likeness (QED) is 0.585. The van der Waals surface area contributed by atoms with E-state index in [0.29, 0.717) is 35.2 Å². The van der Waals surface area contributed by atoms with Gasteiger partial charge >= 0.3 is 5.97 Å². The second kappa shape index (κ2) is 8.25. The number of esters is 1. The molecule has 1 aromatic heterocycles. The summed E-state index contributed by atoms with van der Waals surface area (Å²) in [6.45, 7) is 1.13. The monoisotopic (exact) mass is 337 g/mol. The van der Waals surface area contributed by atoms with Crippen LogP contribution in [0.1, 0.15) is 10.4 Å². The third-order valence-corrected chi connectivity index (χ3v) is 3.13. The van der Waals surface area contributed by atoms with Crippen LogP contribution in [0.25, 0.3) is 0 Å². The number of hydrogen-bond donors (Lipinski definition) is 2. The fourth-order valence-electron chi connectivity index (χ4n) is 1.71. The van der Waals surface area contributed by atoms with Gasteiger partial charge in [0.1, 0.15) is 0 Å². The molecular weight excluding hydrogens is 322 g/mol. The molecule has 122 valence electrons. The first-order valence-electron chi connectivity index (χ1n) is 6.71. The lowest BCUT2D eigenvalue weighted by Gasteiger charge is -2.09. The lowest BCUT2D eigenvalue weighted by molar-refractivity contribution is 0.0601. The third kappa shape index (κ3) is 4.76. The molecule has 9 heteroatoms. The minimum atomic E-state index is -0.459. The first-order chi connectivity index (χ1) is 11.1. The molecule has 0 saturated carbocycles. The molecule has 2 rings (SSSR count). The highest BCUT2D eigenvalue weighted by molar-refractivity contribution is 6.33. The highest BCUT2D eigenvalue weighted by atomic mass is 35.5. The molecule has 0 bridgehead atoms. The molecule has 0 spiro atoms. The highest BCUT2D eigenvalue weighted by Gasteiger charge is 2.10. The van der Waals surface area contributed by atoms with E-state index in [9.17, 15) is 4.79 Å². The standard InChI is InChI=1S/C14H16ClN5O3/c1-22-6-5-16-12-8-17-20-14(19-12)18-11-7-9(13(21)23-2)3-4-10(11)15/h3-4,7-8H,5-6H2,1-2H3,(H2,16,18,19,20). The summed E-state index contributed by atoms with van der Waals surface area (Å²) in [5, 5.41) is 14.1. The Balaban J connectivity index is 2.15. The van der Waals surface area contributed by atoms with Gasteiger partial charge in [0.05, 0.1) is 36.2 Å². The van der Waals surface area contributed by atoms with Crippen molar-refractivity contribution in [2.75, 3.05) is 38.0 Å². The van der Waals surface area contributed by atoms with E-state index in [1.165, 1.54) is 13.3 Å². The van der Waals surface area contributed by atoms with Crippen LogP contribution in [0.5, 0.6) is 0 Å². The minimum absolute atomic E-state index is 0.247. The van der Waals surface area contributed by atoms with E-state index in [4.69, 9.17) is 16.3 Å². The van der Waals surface area contributed by atoms with E-state index < -0.39 is 5.97 Å². The average Bonchev–Trinajstić information content (AvgIpc) is 2.57. The molecule has 0 fully saturated rings. The molecule has 0 unspecified atom stereocenters. The number of halogens is 1. The largest absolute Gasteiger partial charge is 0.465 e. The van der Waals surface area contributed by atoms with Crippen molar-refractivity contribution in [3.63, 3.8) is 0 Å². The summed E-state index contributed by atoms with van der Waals surface area (Å²) >= 11 is 6.11. The Morgan fingerprint density at radius 3 is 2.91 bits per heavy atom. The number of benzene rings is 1. The van der Waals surface area contributed by atoms with Crippen molar-refractivity contribution in [2.45, 2.75) is 0 Å². The Bertz CT molecular complexity index is 683. The number of carbonyl (C=O) groups is 1. The van der Waals surface area contributed by atoms with Gasteiger partial charge in [-0.15, -0.1) is 5.10 Å². The molecule has 1 aromatic carbocycles. The van der Waals surface area contributed by atoms with Gasteiger partial charge in [0.25, 0.3) is 0 Å². The summed E-state index contributed by atoms with van der Waals surface area (Å²) in [6, 6.07) is 4.72. The Hall–Kier alpha value is -2.45. The summed E-state index contributed by atoms with van der Waals surface area (Å²) in [4.78, 5) is 15.8. The smallest absolute Gasteiger partial charge is 0.337 e. The van der Waals surface area contributed by atoms with Crippen molar-refractivity contribution in [1.29, 1.82) is 0 Å². The number of nitrogens with one attached hydrogen (secondary N) is 2. The van der Waals surface area contributed by atoms with Crippen molar-refractivity contribution in [3.8, 4) is 0 Å². The van der Waals surface area contributed by atoms with E-state index in [-0.39, 0.29) is 5.95 Å². The van der Waals surface area contributed by atoms with Crippen LogP contribution in [0.4, 0.5) is 17.5 Å². The lowest BCUT2D eigenvalue weighted by atomic mass is 10.2. The number of nitrogens with zero attached hydrogens (tertiary/aromatic N) is 3. The van der Waals surface area contributed by atoms with Crippen LogP contribution in [0.3, 0.4) is 0 Å². The number of anilines is 3. The maximum atomic E-state index is 11.6. The van der Waals surface area contributed by atoms with Crippen LogP contribution in [0.2, 0.25) is 5.02 Å². The Morgan fingerprint density at radius 2 is 2.17 bits per heavy atom. The van der Waals surface area contributed by atoms with Gasteiger partial charge in [-0.2, -0.15) is 10.1 Å². The number of methoxy groups -OCH3 is 2. The molecule has 1 heterocycles. The van der Waals surface area contributed by atoms with Crippen molar-refractivity contribution in [2.24, 2.45) is 0 Å². The Morgan fingerprint density at radius 1 is 1.35 bits per heavy atom. The summed E-state index contributed by atoms with van der Waals surface area (Å²) in [5.41, 5.74) is 0.840. The molecule has 2 N–H and O–H groups in total. The van der Waals surface area contributed by atoms with E-state index in [1.54, 1.807) is 25.3 Å². The lowest BCUT2D eigenvalue weighted by Crippen LogP contribution is -2.10. The molecule has 0 aliphatic rings. The maximum Gasteiger partial charge on any atom is 0.337 e. The predicted molar refractivity (Wildman–Crippen MR) is 86.3 cm³/mol. The second-order valence-electron chi connectivity index (χ2n) is 4.40. The number of ether oxygens (including phenoxy) is 2. The summed E-state index contributed by atoms with van der Waals surface area (Å²) in [7, 11) is 2.93. The van der Waals surface area contributed by atoms with Crippen LogP contribution in [-0.2, 0) is 9.47 Å². The maximum absolute atomic E-state index is 11.6. The van der Waals surface area contributed by atoms with Gasteiger partial charge in [0.15, 0.2) is 5.82 Å². The van der Waals surface area contributed by atoms with Crippen molar-refractivity contribution in [3.05, 3.63) is 35.0 Å². The van der Waals surface area contributed by atoms with Gasteiger partial charge in [-0.3, -0.25) is 0 Å². The van der Waals surface area contributed by atoms with Crippen molar-refractivity contribution < 1.29 is 14.3 Å². The van der Waals surface area contributed by atoms with Gasteiger partial charge in [-0.1, -0.05) is 11.6 Å². The summed E-state index contributed by atoms with van der Waals surface area (Å²) < 4.78 is 9.63. The SMILES string of the molecule is COCCNc1cnnc(Nc2cc(C(=O)OC)ccc2Cl)n1. The van der Waals surface area contributed by atoms with Gasteiger partial charge in [0, 0.05) is 13.7 Å². The molecular formula is C14H16ClN5O3. The van der Waals surface area contributed by atoms with E-state index >= 15 is 0 Å². The van der Waals surface area contributed by atoms with Gasteiger partial charge in [-0.05, 0) is 18.2 Å². The second-order valence-corrected chi connectivity index (χ2v) is 4.80. The summed E-state index contributed by atoms with van der Waals surface area (Å²) in [5.74, 6) is 0.329. The fraction of sp³-hybridized carbons (Fsp3) is 0.286. The Labute approximate surface area is 138 Å². The molecule has 0 amide bonds. The molecule has 0 aliphatic carbocycles. The zero-order chi connectivity index (χ0) is 16.7. The molecule has 23 heavy (non-hydrogen) atoms. The summed E-state index contributed by atoms with van der Waals surface area (Å²) in [6.07, 6.45) is 1.49. The number of aromatic nitrogens is 3. The molecule has 0 atom stereocenters. The topological polar surface area (TPSA) is 98.3 Å². The van der Waals surface area contributed by atoms with Crippen molar-refractivity contribution >= 4 is 35.0 Å². The third-order valence-electron chi connectivity index (χ3n) is 2.81. The molecule has 8 nitrogen and oxygen atoms in total. The van der Waals surface area contributed by atoms with Crippen LogP contribution in [-0.4, -0.2) is 48.5 Å². The first-order valence-corrected chi connectivity index (χ1v) is 7.09. The zero-order valence-corrected chi connectivity index (χ0v) is 13.4. The number of rotatable bonds is 7. The molecule has 0 aliphatic heterocycles. The minimum Gasteiger partial charge on any atom is -0.465 e. The molecule has 2 aromatic rings. The Kier molecular flexibility index (Phi) is 6.07. The number of carbonyl (C=O) groups excluding carboxylic acids is 1. The first kappa shape index (κ1) is 16.9. The van der Waals surface area contributed by atoms with Crippen LogP contribution in [0, 0.1) is 0 Å². The van der Waals surface area contributed by atoms with Gasteiger partial charge in [0.2, 0.25) is 5.95 Å². The van der Waals surface area contributed by atoms with Gasteiger partial charge < -0.3 is 20.1 Å². The predicted octanol–water partition coefficient (Wildman–Crippen LogP) is 2.11. The molecule has 0 saturated heterocycles. The van der Waals surface area contributed by atoms with E-state index in [0.717, 1.165) is 0 Å². The van der Waals surface area contributed by atoms with E-state index in [2.05, 4.69) is 30.6 Å². The zero-order valence-electron chi connectivity index (χ0n) is 12.7. The van der Waals surface area contributed by atoms with Crippen LogP contribution in [0.15, 0.2) is 24.4 Å². The van der Waals surface area contributed by atoms with Crippen molar-refractivity contribution in [1.82, 2.24) is 15.2 Å². The van der Waals surface area contributed by atoms with Gasteiger partial charge in [-0.25, -0.2) is 4.79 Å². The van der Waals surface area contributed by atoms with E-state index in [1.807, 2.05) is 0 Å². The highest BCUT2D eigenvalue weighted by Crippen LogP contribution is 2.25. The van der Waals surface area contributed by atoms with Crippen LogP contribution < -0.4 is 10.6 Å². The molecule has 0 radical (unpaired) electrons. The van der Waals surface area contributed by atoms with Crippen LogP contribution >= 0.6 is 11.6 Å².